The Balaban J connectivity index is 3.71. The molecule has 0 heterocycles. The van der Waals surface area contributed by atoms with Gasteiger partial charge in [0.05, 0.1) is 23.1 Å². The van der Waals surface area contributed by atoms with Crippen molar-refractivity contribution in [2.24, 2.45) is 0 Å². The maximum absolute atomic E-state index is 10.7. The van der Waals surface area contributed by atoms with Gasteiger partial charge in [0, 0.05) is 11.1 Å². The van der Waals surface area contributed by atoms with E-state index < -0.39 is 46.1 Å². The number of carboxylic acids is 4. The Morgan fingerprint density at radius 1 is 0.722 bits per heavy atom. The lowest BCUT2D eigenvalue weighted by molar-refractivity contribution is -0.255. The quantitative estimate of drug-likeness (QED) is 0.612. The van der Waals surface area contributed by atoms with Crippen molar-refractivity contribution in [1.29, 1.82) is 0 Å². The molecule has 0 aliphatic heterocycles. The second kappa shape index (κ2) is 4.53. The summed E-state index contributed by atoms with van der Waals surface area (Å²) in [6.07, 6.45) is 0. The summed E-state index contributed by atoms with van der Waals surface area (Å²) in [5.74, 6) is -7.32. The van der Waals surface area contributed by atoms with E-state index in [0.29, 0.717) is 12.1 Å². The molecule has 0 atom stereocenters. The average Bonchev–Trinajstić information content (AvgIpc) is 2.26. The van der Waals surface area contributed by atoms with Gasteiger partial charge in [-0.2, -0.15) is 0 Å². The van der Waals surface area contributed by atoms with Crippen molar-refractivity contribution in [3.8, 4) is 0 Å². The Bertz CT molecular complexity index is 473. The van der Waals surface area contributed by atoms with Crippen molar-refractivity contribution < 1.29 is 39.6 Å². The van der Waals surface area contributed by atoms with Gasteiger partial charge >= 0.3 is 11.9 Å². The molecule has 94 valence electrons. The summed E-state index contributed by atoms with van der Waals surface area (Å²) >= 11 is 0. The molecule has 0 saturated carbocycles. The monoisotopic (exact) mass is 252 g/mol. The van der Waals surface area contributed by atoms with E-state index in [1.165, 1.54) is 0 Å². The predicted molar refractivity (Wildman–Crippen MR) is 49.0 cm³/mol. The second-order valence-electron chi connectivity index (χ2n) is 3.13. The Morgan fingerprint density at radius 3 is 1.22 bits per heavy atom. The smallest absolute Gasteiger partial charge is 0.336 e. The first-order chi connectivity index (χ1) is 8.25. The zero-order valence-electron chi connectivity index (χ0n) is 8.50. The van der Waals surface area contributed by atoms with Gasteiger partial charge in [0.25, 0.3) is 0 Å². The number of aromatic carboxylic acids is 4. The van der Waals surface area contributed by atoms with Gasteiger partial charge in [0.15, 0.2) is 0 Å². The second-order valence-corrected chi connectivity index (χ2v) is 3.13. The summed E-state index contributed by atoms with van der Waals surface area (Å²) in [6.45, 7) is 0. The third kappa shape index (κ3) is 2.26. The van der Waals surface area contributed by atoms with Crippen LogP contribution in [0.25, 0.3) is 0 Å². The van der Waals surface area contributed by atoms with Gasteiger partial charge in [0.1, 0.15) is 0 Å². The minimum Gasteiger partial charge on any atom is -0.545 e. The predicted octanol–water partition coefficient (Wildman–Crippen LogP) is -2.19. The van der Waals surface area contributed by atoms with Crippen LogP contribution in [0, 0.1) is 0 Å². The highest BCUT2D eigenvalue weighted by molar-refractivity contribution is 6.08. The van der Waals surface area contributed by atoms with Crippen LogP contribution in [0.1, 0.15) is 41.4 Å². The van der Waals surface area contributed by atoms with E-state index in [2.05, 4.69) is 0 Å². The summed E-state index contributed by atoms with van der Waals surface area (Å²) in [4.78, 5) is 42.8. The highest BCUT2D eigenvalue weighted by Gasteiger charge is 2.19. The molecule has 1 rings (SSSR count). The van der Waals surface area contributed by atoms with Crippen LogP contribution in [0.5, 0.6) is 0 Å². The topological polar surface area (TPSA) is 155 Å². The molecule has 8 nitrogen and oxygen atoms in total. The Kier molecular flexibility index (Phi) is 3.32. The zero-order chi connectivity index (χ0) is 14.0. The molecule has 18 heavy (non-hydrogen) atoms. The van der Waals surface area contributed by atoms with Crippen LogP contribution >= 0.6 is 0 Å². The van der Waals surface area contributed by atoms with E-state index in [1.54, 1.807) is 0 Å². The number of hydrogen-bond donors (Lipinski definition) is 2. The van der Waals surface area contributed by atoms with E-state index in [4.69, 9.17) is 10.2 Å². The molecule has 0 spiro atoms. The van der Waals surface area contributed by atoms with Crippen LogP contribution in [-0.2, 0) is 0 Å². The molecular formula is C10H4O8-2. The van der Waals surface area contributed by atoms with E-state index in [9.17, 15) is 29.4 Å². The van der Waals surface area contributed by atoms with Crippen LogP contribution < -0.4 is 10.2 Å². The van der Waals surface area contributed by atoms with Crippen molar-refractivity contribution in [2.45, 2.75) is 0 Å². The van der Waals surface area contributed by atoms with Crippen molar-refractivity contribution in [3.63, 3.8) is 0 Å². The SMILES string of the molecule is O=C([O-])c1cc(C(=O)[O-])c(C(=O)O)cc1C(=O)O. The Morgan fingerprint density at radius 2 is 1.00 bits per heavy atom. The van der Waals surface area contributed by atoms with Crippen molar-refractivity contribution in [1.82, 2.24) is 0 Å². The van der Waals surface area contributed by atoms with Crippen molar-refractivity contribution in [2.75, 3.05) is 0 Å². The Hall–Kier alpha value is -2.90. The fourth-order valence-electron chi connectivity index (χ4n) is 1.29. The van der Waals surface area contributed by atoms with Crippen molar-refractivity contribution in [3.05, 3.63) is 34.4 Å². The number of carbonyl (C=O) groups is 4. The molecule has 0 saturated heterocycles. The summed E-state index contributed by atoms with van der Waals surface area (Å²) in [6, 6.07) is 0.818. The molecule has 0 amide bonds. The Labute approximate surface area is 98.7 Å². The van der Waals surface area contributed by atoms with Crippen LogP contribution in [0.3, 0.4) is 0 Å². The zero-order valence-corrected chi connectivity index (χ0v) is 8.50. The molecule has 0 aromatic heterocycles. The highest BCUT2D eigenvalue weighted by atomic mass is 16.4. The lowest BCUT2D eigenvalue weighted by Crippen LogP contribution is -2.29. The first-order valence-electron chi connectivity index (χ1n) is 4.33. The first kappa shape index (κ1) is 13.2. The molecule has 0 aliphatic carbocycles. The summed E-state index contributed by atoms with van der Waals surface area (Å²) in [5, 5.41) is 38.7. The molecule has 2 N–H and O–H groups in total. The first-order valence-corrected chi connectivity index (χ1v) is 4.33. The van der Waals surface area contributed by atoms with Gasteiger partial charge in [-0.25, -0.2) is 9.59 Å². The third-order valence-electron chi connectivity index (χ3n) is 2.06. The molecule has 0 aliphatic rings. The fourth-order valence-corrected chi connectivity index (χ4v) is 1.29. The fraction of sp³-hybridized carbons (Fsp3) is 0. The van der Waals surface area contributed by atoms with E-state index in [1.807, 2.05) is 0 Å². The van der Waals surface area contributed by atoms with Crippen LogP contribution in [0.4, 0.5) is 0 Å². The normalized spacial score (nSPS) is 9.78. The van der Waals surface area contributed by atoms with Gasteiger partial charge in [-0.3, -0.25) is 0 Å². The van der Waals surface area contributed by atoms with E-state index in [0.717, 1.165) is 0 Å². The average molecular weight is 252 g/mol. The standard InChI is InChI=1S/C10H6O8/c11-7(12)3-1-4(8(13)14)6(10(17)18)2-5(3)9(15)16/h1-2H,(H,11,12)(H,13,14)(H,15,16)(H,17,18)/p-2. The third-order valence-corrected chi connectivity index (χ3v) is 2.06. The molecule has 0 unspecified atom stereocenters. The van der Waals surface area contributed by atoms with Gasteiger partial charge in [-0.05, 0) is 12.1 Å². The number of rotatable bonds is 4. The van der Waals surface area contributed by atoms with Gasteiger partial charge in [-0.15, -0.1) is 0 Å². The highest BCUT2D eigenvalue weighted by Crippen LogP contribution is 2.17. The lowest BCUT2D eigenvalue weighted by atomic mass is 9.98. The minimum atomic E-state index is -1.94. The van der Waals surface area contributed by atoms with Gasteiger partial charge < -0.3 is 30.0 Å². The van der Waals surface area contributed by atoms with Gasteiger partial charge in [-0.1, -0.05) is 0 Å². The molecule has 1 aromatic carbocycles. The van der Waals surface area contributed by atoms with Crippen LogP contribution in [0.15, 0.2) is 12.1 Å². The molecular weight excluding hydrogens is 248 g/mol. The number of hydrogen-bond acceptors (Lipinski definition) is 6. The van der Waals surface area contributed by atoms with Crippen LogP contribution in [0.2, 0.25) is 0 Å². The van der Waals surface area contributed by atoms with Gasteiger partial charge in [0.2, 0.25) is 0 Å². The maximum atomic E-state index is 10.7. The number of carbonyl (C=O) groups excluding carboxylic acids is 2. The largest absolute Gasteiger partial charge is 0.545 e. The molecule has 1 aromatic rings. The molecule has 0 bridgehead atoms. The summed E-state index contributed by atoms with van der Waals surface area (Å²) in [7, 11) is 0. The lowest BCUT2D eigenvalue weighted by Gasteiger charge is -2.13. The molecule has 8 heteroatoms. The molecule has 0 radical (unpaired) electrons. The number of carboxylic acid groups (broad SMARTS) is 4. The summed E-state index contributed by atoms with van der Waals surface area (Å²) in [5.41, 5.74) is -3.63. The van der Waals surface area contributed by atoms with E-state index >= 15 is 0 Å². The van der Waals surface area contributed by atoms with Crippen LogP contribution in [-0.4, -0.2) is 34.1 Å². The maximum Gasteiger partial charge on any atom is 0.336 e. The molecule has 0 fully saturated rings. The number of benzene rings is 1. The summed E-state index contributed by atoms with van der Waals surface area (Å²) < 4.78 is 0. The van der Waals surface area contributed by atoms with Crippen molar-refractivity contribution >= 4 is 23.9 Å². The minimum absolute atomic E-state index is 0.386. The van der Waals surface area contributed by atoms with E-state index in [-0.39, 0.29) is 0 Å².